The van der Waals surface area contributed by atoms with Crippen molar-refractivity contribution in [1.29, 1.82) is 0 Å². The van der Waals surface area contributed by atoms with Crippen LogP contribution in [0.1, 0.15) is 43.2 Å². The highest BCUT2D eigenvalue weighted by Crippen LogP contribution is 2.27. The molecule has 0 amide bonds. The van der Waals surface area contributed by atoms with Crippen LogP contribution in [0.2, 0.25) is 0 Å². The Balaban J connectivity index is 1.76. The monoisotopic (exact) mass is 371 g/mol. The van der Waals surface area contributed by atoms with Crippen LogP contribution in [-0.2, 0) is 15.5 Å². The lowest BCUT2D eigenvalue weighted by Gasteiger charge is -2.20. The van der Waals surface area contributed by atoms with E-state index in [0.717, 1.165) is 30.6 Å². The quantitative estimate of drug-likeness (QED) is 0.374. The molecule has 1 saturated heterocycles. The third-order valence-corrected chi connectivity index (χ3v) is 5.46. The Morgan fingerprint density at radius 1 is 1.38 bits per heavy atom. The van der Waals surface area contributed by atoms with Crippen molar-refractivity contribution in [2.75, 3.05) is 19.4 Å². The van der Waals surface area contributed by atoms with Gasteiger partial charge in [0.05, 0.1) is 23.4 Å². The summed E-state index contributed by atoms with van der Waals surface area (Å²) >= 11 is 0. The average Bonchev–Trinajstić information content (AvgIpc) is 3.49. The van der Waals surface area contributed by atoms with Crippen molar-refractivity contribution < 1.29 is 8.95 Å². The average molecular weight is 372 g/mol. The number of hydrogen-bond donors (Lipinski definition) is 1. The molecule has 1 heterocycles. The normalized spacial score (nSPS) is 22.0. The van der Waals surface area contributed by atoms with Crippen LogP contribution in [0.15, 0.2) is 33.2 Å². The van der Waals surface area contributed by atoms with Gasteiger partial charge >= 0.3 is 0 Å². The van der Waals surface area contributed by atoms with Crippen LogP contribution in [0, 0.1) is 17.8 Å². The van der Waals surface area contributed by atoms with Crippen molar-refractivity contribution in [3.63, 3.8) is 0 Å². The Kier molecular flexibility index (Phi) is 6.59. The van der Waals surface area contributed by atoms with Gasteiger partial charge in [-0.1, -0.05) is 17.9 Å². The van der Waals surface area contributed by atoms with E-state index in [0.29, 0.717) is 23.1 Å². The second kappa shape index (κ2) is 9.11. The summed E-state index contributed by atoms with van der Waals surface area (Å²) < 4.78 is 17.9. The van der Waals surface area contributed by atoms with Crippen molar-refractivity contribution >= 4 is 22.7 Å². The molecule has 2 atom stereocenters. The van der Waals surface area contributed by atoms with Gasteiger partial charge < -0.3 is 10.6 Å². The smallest absolute Gasteiger partial charge is 0.109 e. The van der Waals surface area contributed by atoms with E-state index in [1.165, 1.54) is 19.3 Å². The van der Waals surface area contributed by atoms with Gasteiger partial charge in [-0.2, -0.15) is 5.10 Å². The van der Waals surface area contributed by atoms with Crippen molar-refractivity contribution in [3.8, 4) is 11.8 Å². The number of hydrazone groups is 1. The third-order valence-electron chi connectivity index (χ3n) is 4.50. The maximum Gasteiger partial charge on any atom is 0.109 e. The van der Waals surface area contributed by atoms with E-state index < -0.39 is 10.8 Å². The summed E-state index contributed by atoms with van der Waals surface area (Å²) in [5.41, 5.74) is 2.13. The van der Waals surface area contributed by atoms with Gasteiger partial charge in [0, 0.05) is 41.0 Å². The Labute approximate surface area is 157 Å². The van der Waals surface area contributed by atoms with Gasteiger partial charge in [-0.25, -0.2) is 0 Å². The molecule has 1 aliphatic heterocycles. The van der Waals surface area contributed by atoms with Gasteiger partial charge in [-0.15, -0.1) is 0 Å². The zero-order valence-corrected chi connectivity index (χ0v) is 15.9. The molecule has 0 spiro atoms. The summed E-state index contributed by atoms with van der Waals surface area (Å²) in [5, 5.41) is 3.85. The highest BCUT2D eigenvalue weighted by molar-refractivity contribution is 7.84. The molecule has 1 aliphatic carbocycles. The van der Waals surface area contributed by atoms with E-state index in [2.05, 4.69) is 21.9 Å². The van der Waals surface area contributed by atoms with Crippen LogP contribution in [0.25, 0.3) is 0 Å². The molecular weight excluding hydrogens is 346 g/mol. The molecule has 0 radical (unpaired) electrons. The molecular formula is C20H25N3O2S. The predicted molar refractivity (Wildman–Crippen MR) is 106 cm³/mol. The first-order chi connectivity index (χ1) is 12.7. The van der Waals surface area contributed by atoms with E-state index in [1.807, 2.05) is 18.2 Å². The summed E-state index contributed by atoms with van der Waals surface area (Å²) in [5.74, 6) is 12.5. The van der Waals surface area contributed by atoms with Gasteiger partial charge in [0.25, 0.3) is 0 Å². The molecule has 2 unspecified atom stereocenters. The van der Waals surface area contributed by atoms with Gasteiger partial charge in [0.2, 0.25) is 0 Å². The highest BCUT2D eigenvalue weighted by Gasteiger charge is 2.18. The lowest BCUT2D eigenvalue weighted by molar-refractivity contribution is 0.0226. The standard InChI is InChI=1S/C20H25N3O2S/c1-26(24)20-12-16(8-7-15-5-6-15)9-10-18(20)19(23-21)14-22-13-17-4-2-3-11-25-17/h9-10,12,14-15,17H,2-6,11,13,21H2,1H3/b22-14?,23-19+. The molecule has 1 aromatic rings. The number of aliphatic imine (C=N–C) groups is 1. The Morgan fingerprint density at radius 2 is 2.23 bits per heavy atom. The zero-order chi connectivity index (χ0) is 18.4. The Morgan fingerprint density at radius 3 is 2.88 bits per heavy atom. The fraction of sp³-hybridized carbons (Fsp3) is 0.500. The van der Waals surface area contributed by atoms with Gasteiger partial charge in [-0.05, 0) is 44.2 Å². The molecule has 1 saturated carbocycles. The minimum absolute atomic E-state index is 0.166. The van der Waals surface area contributed by atoms with E-state index in [-0.39, 0.29) is 6.10 Å². The number of benzene rings is 1. The van der Waals surface area contributed by atoms with Crippen LogP contribution >= 0.6 is 0 Å². The lowest BCUT2D eigenvalue weighted by atomic mass is 10.1. The number of nitrogens with two attached hydrogens (primary N) is 1. The maximum absolute atomic E-state index is 12.2. The summed E-state index contributed by atoms with van der Waals surface area (Å²) in [7, 11) is -1.17. The van der Waals surface area contributed by atoms with Gasteiger partial charge in [0.1, 0.15) is 5.71 Å². The van der Waals surface area contributed by atoms with Crippen molar-refractivity contribution in [2.24, 2.45) is 21.9 Å². The maximum atomic E-state index is 12.2. The third kappa shape index (κ3) is 5.26. The number of hydrogen-bond acceptors (Lipinski definition) is 5. The molecule has 2 N–H and O–H groups in total. The predicted octanol–water partition coefficient (Wildman–Crippen LogP) is 2.49. The Bertz CT molecular complexity index is 782. The number of ether oxygens (including phenoxy) is 1. The fourth-order valence-corrected chi connectivity index (χ4v) is 3.62. The first kappa shape index (κ1) is 18.8. The zero-order valence-electron chi connectivity index (χ0n) is 15.1. The van der Waals surface area contributed by atoms with E-state index in [1.54, 1.807) is 12.5 Å². The Hall–Kier alpha value is -1.97. The molecule has 2 aliphatic rings. The molecule has 3 rings (SSSR count). The van der Waals surface area contributed by atoms with E-state index in [9.17, 15) is 4.21 Å². The van der Waals surface area contributed by atoms with Crippen LogP contribution < -0.4 is 5.84 Å². The summed E-state index contributed by atoms with van der Waals surface area (Å²) in [6, 6.07) is 5.66. The summed E-state index contributed by atoms with van der Waals surface area (Å²) in [6.07, 6.45) is 9.17. The van der Waals surface area contributed by atoms with Crippen molar-refractivity contribution in [2.45, 2.75) is 43.1 Å². The van der Waals surface area contributed by atoms with Crippen LogP contribution in [-0.4, -0.2) is 41.6 Å². The molecule has 2 fully saturated rings. The molecule has 6 heteroatoms. The lowest BCUT2D eigenvalue weighted by Crippen LogP contribution is -2.22. The summed E-state index contributed by atoms with van der Waals surface area (Å²) in [6.45, 7) is 1.40. The minimum atomic E-state index is -1.17. The SMILES string of the molecule is CS(=O)c1cc(C#CC2CC2)ccc1/C(C=NCC1CCCCO1)=N/N. The van der Waals surface area contributed by atoms with Gasteiger partial charge in [0.15, 0.2) is 0 Å². The first-order valence-corrected chi connectivity index (χ1v) is 10.6. The number of rotatable bonds is 5. The molecule has 0 aromatic heterocycles. The minimum Gasteiger partial charge on any atom is -0.376 e. The largest absolute Gasteiger partial charge is 0.376 e. The molecule has 1 aromatic carbocycles. The molecule has 26 heavy (non-hydrogen) atoms. The first-order valence-electron chi connectivity index (χ1n) is 9.06. The van der Waals surface area contributed by atoms with Crippen LogP contribution in [0.4, 0.5) is 0 Å². The second-order valence-corrected chi connectivity index (χ2v) is 8.05. The topological polar surface area (TPSA) is 77.0 Å². The molecule has 138 valence electrons. The van der Waals surface area contributed by atoms with Crippen molar-refractivity contribution in [3.05, 3.63) is 29.3 Å². The van der Waals surface area contributed by atoms with E-state index >= 15 is 0 Å². The van der Waals surface area contributed by atoms with Crippen LogP contribution in [0.3, 0.4) is 0 Å². The molecule has 0 bridgehead atoms. The number of nitrogens with zero attached hydrogens (tertiary/aromatic N) is 2. The van der Waals surface area contributed by atoms with Gasteiger partial charge in [-0.3, -0.25) is 9.20 Å². The molecule has 5 nitrogen and oxygen atoms in total. The summed E-state index contributed by atoms with van der Waals surface area (Å²) in [4.78, 5) is 5.12. The highest BCUT2D eigenvalue weighted by atomic mass is 32.2. The van der Waals surface area contributed by atoms with Crippen LogP contribution in [0.5, 0.6) is 0 Å². The second-order valence-electron chi connectivity index (χ2n) is 6.71. The van der Waals surface area contributed by atoms with Crippen molar-refractivity contribution in [1.82, 2.24) is 0 Å². The van der Waals surface area contributed by atoms with E-state index in [4.69, 9.17) is 10.6 Å². The fourth-order valence-electron chi connectivity index (χ4n) is 2.84.